The summed E-state index contributed by atoms with van der Waals surface area (Å²) in [5.41, 5.74) is -0.428. The molecule has 4 aromatic carbocycles. The Morgan fingerprint density at radius 3 is 1.33 bits per heavy atom. The maximum absolute atomic E-state index is 12.3. The van der Waals surface area contributed by atoms with Crippen molar-refractivity contribution in [3.05, 3.63) is 95.3 Å². The van der Waals surface area contributed by atoms with Gasteiger partial charge in [0.05, 0.1) is 49.6 Å². The Balaban J connectivity index is -0.000000343. The fourth-order valence-corrected chi connectivity index (χ4v) is 11.5. The minimum atomic E-state index is -2.95. The van der Waals surface area contributed by atoms with Crippen LogP contribution in [0, 0.1) is 6.88 Å². The number of ether oxygens (including phenoxy) is 1. The SMILES string of the molecule is CC(C)(C)S(=O)N=C1CCCC1.CCO.CCO.CCO.CCO.CCOc1c(Nc2cccc(C(=O)N(C)C)c2O)c(=O)c1=O.Cl.O=C1CCCC1.[2H]C([2H])([2H])C([2H])([2H])C1(N)CCCC1.[2H]C([2H])([2H])C([2H])([2H])C1(NS(=O)C(C)(C)C)CCCC1.[2H]C([2H])([2H])C([2H])([2H])C1(Nc2c(Nc3cccc(C(=O)N(C)C)c3O)c(=O)c2=O)CCCC1.[2H][C-]([2H])C([2H])([2H])[2H].[Br-].[Mg+2].[Ti]. The van der Waals surface area contributed by atoms with Gasteiger partial charge in [-0.15, -0.1) is 12.4 Å². The number of nitrogens with zero attached hydrogens (tertiary/aromatic N) is 3. The Labute approximate surface area is 720 Å². The summed E-state index contributed by atoms with van der Waals surface area (Å²) in [6.45, 7) is 9.07. The van der Waals surface area contributed by atoms with Crippen LogP contribution in [0.15, 0.2) is 60.0 Å². The maximum Gasteiger partial charge on any atom is 2.00 e. The van der Waals surface area contributed by atoms with Gasteiger partial charge in [-0.3, -0.25) is 33.6 Å². The third-order valence-electron chi connectivity index (χ3n) is 15.4. The minimum absolute atomic E-state index is 0. The number of hydrogen-bond donors (Lipinski definition) is 11. The van der Waals surface area contributed by atoms with E-state index in [0.717, 1.165) is 69.9 Å². The number of rotatable bonds is 16. The zero-order chi connectivity index (χ0) is 96.4. The number of benzene rings is 2. The molecule has 24 nitrogen and oxygen atoms in total. The van der Waals surface area contributed by atoms with E-state index in [0.29, 0.717) is 44.3 Å². The van der Waals surface area contributed by atoms with Gasteiger partial charge in [0.25, 0.3) is 33.5 Å². The number of para-hydroxylation sites is 2. The summed E-state index contributed by atoms with van der Waals surface area (Å²) in [5, 5.41) is 59.0. The number of ketones is 1. The maximum atomic E-state index is 12.3. The van der Waals surface area contributed by atoms with Gasteiger partial charge in [-0.2, -0.15) is 11.2 Å². The number of nitrogens with one attached hydrogen (secondary N) is 4. The van der Waals surface area contributed by atoms with E-state index in [9.17, 15) is 52.2 Å². The largest absolute Gasteiger partial charge is 2.00 e. The zero-order valence-electron chi connectivity index (χ0n) is 85.1. The van der Waals surface area contributed by atoms with Crippen molar-refractivity contribution in [3.8, 4) is 17.2 Å². The van der Waals surface area contributed by atoms with Gasteiger partial charge in [-0.25, -0.2) is 15.9 Å². The molecule has 2 atom stereocenters. The van der Waals surface area contributed by atoms with Gasteiger partial charge in [0.2, 0.25) is 0 Å². The quantitative estimate of drug-likeness (QED) is 0.0215. The standard InChI is InChI=1S/C20H25N3O4.C15H16N2O5.C11H23NOS.C9H17NOS.C7H15N.C5H8O.4C2H6O.C2H5.BrH.ClH.Mg.Ti/c1-4-20(10-5-6-11-20)22-15-14(17(25)18(15)26)21-13-9-7-8-12(16(13)24)19(27)23(2)3;1-4-22-14-10(12(19)13(14)20)16-9-7-5-6-8(11(9)18)15(21)17(2)3;1-5-11(8-6-7-9-11)12-14(13)10(2,3)4;1-9(2,3)12(11)10-8-6-4-5-7-8;1-2-7(8)5-3-4-6-7;6-5-3-1-2-4-5;4*1-2-3;1-2;;;;/h7-9,21-22,24H,4-6,10-11H2,1-3H3;5-7,16,18H,4H2,1-3H3;12H,5-9H2,1-4H3;4-7H2,1-3H3;2-6,8H2,1H3;1-4H2;4*3H,2H2,1H3;1H2,2H3;2*1H;;/q;;;;;;;;;;-1;;;+2;/p-1/i1D3,4D2;;1D3,5D2;;1D3,2D2;;;;;;1D2,2D3;;;;. The van der Waals surface area contributed by atoms with Crippen LogP contribution in [0.5, 0.6) is 17.2 Å². The second-order valence-corrected chi connectivity index (χ2v) is 30.3. The number of amides is 2. The number of phenolic OH excluding ortho intramolecular Hbond substituents is 2. The summed E-state index contributed by atoms with van der Waals surface area (Å²) in [6, 6.07) is 8.83. The number of halogens is 2. The average molecular weight is 1700 g/mol. The molecule has 2 unspecified atom stereocenters. The van der Waals surface area contributed by atoms with Gasteiger partial charge in [-0.05, 0) is 201 Å². The molecule has 12 N–H and O–H groups in total. The van der Waals surface area contributed by atoms with Gasteiger partial charge >= 0.3 is 23.1 Å². The van der Waals surface area contributed by atoms with Crippen LogP contribution in [0.4, 0.5) is 28.4 Å². The van der Waals surface area contributed by atoms with Crippen LogP contribution in [-0.4, -0.2) is 183 Å². The molecular weight excluding hydrogens is 1540 g/mol. The molecule has 5 aliphatic carbocycles. The first-order valence-corrected chi connectivity index (χ1v) is 36.8. The van der Waals surface area contributed by atoms with Crippen molar-refractivity contribution in [1.82, 2.24) is 14.5 Å². The van der Waals surface area contributed by atoms with Gasteiger partial charge in [0.1, 0.15) is 33.8 Å². The fourth-order valence-electron chi connectivity index (χ4n) is 9.87. The van der Waals surface area contributed by atoms with Crippen molar-refractivity contribution in [2.45, 2.75) is 277 Å². The normalized spacial score (nSPS) is 19.2. The van der Waals surface area contributed by atoms with Gasteiger partial charge in [-0.1, -0.05) is 71.2 Å². The molecule has 0 aromatic heterocycles. The fraction of sp³-hybridized carbons (Fsp3) is 0.675. The van der Waals surface area contributed by atoms with Gasteiger partial charge in [0.15, 0.2) is 17.2 Å². The second kappa shape index (κ2) is 59.7. The Morgan fingerprint density at radius 1 is 0.607 bits per heavy atom. The molecule has 0 saturated heterocycles. The van der Waals surface area contributed by atoms with E-state index in [1.165, 1.54) is 67.1 Å². The van der Waals surface area contributed by atoms with Gasteiger partial charge in [0, 0.05) is 132 Å². The molecule has 0 aliphatic heterocycles. The number of aromatic hydroxyl groups is 2. The van der Waals surface area contributed by atoms with Crippen LogP contribution in [0.25, 0.3) is 0 Å². The Morgan fingerprint density at radius 2 is 0.972 bits per heavy atom. The van der Waals surface area contributed by atoms with Crippen LogP contribution >= 0.6 is 12.4 Å². The third kappa shape index (κ3) is 40.3. The number of nitrogens with two attached hydrogens (primary N) is 1. The van der Waals surface area contributed by atoms with Gasteiger partial charge < -0.3 is 90.7 Å². The molecule has 30 heteroatoms. The molecule has 0 spiro atoms. The number of phenols is 2. The van der Waals surface area contributed by atoms with Crippen LogP contribution in [0.2, 0.25) is 0 Å². The van der Waals surface area contributed by atoms with E-state index >= 15 is 0 Å². The number of Topliss-reactive ketones (excluding diaryl/α,β-unsaturated/α-hetero) is 1. The second-order valence-electron chi connectivity index (χ2n) is 26.4. The molecule has 2 amide bonds. The molecule has 5 saturated carbocycles. The number of anilines is 5. The number of aliphatic hydroxyl groups excluding tert-OH is 4. The molecule has 0 heterocycles. The molecule has 9 rings (SSSR count). The van der Waals surface area contributed by atoms with E-state index in [2.05, 4.69) is 25.1 Å². The summed E-state index contributed by atoms with van der Waals surface area (Å²) in [4.78, 5) is 84.6. The van der Waals surface area contributed by atoms with Crippen LogP contribution < -0.4 is 69.8 Å². The number of carbonyl (C=O) groups is 3. The van der Waals surface area contributed by atoms with Crippen molar-refractivity contribution in [2.24, 2.45) is 10.1 Å². The summed E-state index contributed by atoms with van der Waals surface area (Å²) >= 11 is 0. The van der Waals surface area contributed by atoms with E-state index in [1.807, 2.05) is 20.8 Å². The monoisotopic (exact) mass is 1700 g/mol. The van der Waals surface area contributed by atoms with Crippen molar-refractivity contribution in [3.63, 3.8) is 0 Å². The molecule has 610 valence electrons. The van der Waals surface area contributed by atoms with Crippen LogP contribution in [0.1, 0.15) is 299 Å². The first-order chi connectivity index (χ1) is 56.1. The molecular formula is C77H134BrClMgN8O16S2Ti. The summed E-state index contributed by atoms with van der Waals surface area (Å²) < 4.78 is 181. The first kappa shape index (κ1) is 78.3. The summed E-state index contributed by atoms with van der Waals surface area (Å²) in [6.07, 6.45) is 7.60. The third-order valence-corrected chi connectivity index (χ3v) is 18.5. The van der Waals surface area contributed by atoms with Crippen LogP contribution in [-0.2, 0) is 48.5 Å². The molecule has 0 bridgehead atoms. The van der Waals surface area contributed by atoms with Crippen LogP contribution in [0.3, 0.4) is 0 Å². The van der Waals surface area contributed by atoms with E-state index in [-0.39, 0.29) is 182 Å². The number of carbonyl (C=O) groups excluding carboxylic acids is 3. The first-order valence-electron chi connectivity index (χ1n) is 44.6. The smallest absolute Gasteiger partial charge is 1.00 e. The predicted octanol–water partition coefficient (Wildman–Crippen LogP) is 9.30. The Hall–Kier alpha value is -4.01. The summed E-state index contributed by atoms with van der Waals surface area (Å²) in [5.74, 6) is -1.16. The molecule has 107 heavy (non-hydrogen) atoms. The molecule has 5 aliphatic rings. The minimum Gasteiger partial charge on any atom is -1.00 e. The van der Waals surface area contributed by atoms with E-state index in [1.54, 1.807) is 75.6 Å². The summed E-state index contributed by atoms with van der Waals surface area (Å²) in [7, 11) is 3.62. The molecule has 4 aromatic rings. The van der Waals surface area contributed by atoms with Crippen molar-refractivity contribution < 1.29 is 124 Å². The van der Waals surface area contributed by atoms with Crippen molar-refractivity contribution >= 4 is 109 Å². The Bertz CT molecular complexity index is 4140. The topological polar surface area (TPSA) is 377 Å². The predicted molar refractivity (Wildman–Crippen MR) is 438 cm³/mol. The average Bonchev–Trinajstić information content (AvgIpc) is 1.72. The van der Waals surface area contributed by atoms with E-state index < -0.39 is 130 Å². The number of aliphatic hydroxyl groups is 4. The van der Waals surface area contributed by atoms with Crippen molar-refractivity contribution in [2.75, 3.05) is 77.2 Å². The number of hydrogen-bond acceptors (Lipinski definition) is 20. The zero-order valence-corrected chi connectivity index (χ0v) is 72.1. The Kier molecular flexibility index (Phi) is 43.7. The van der Waals surface area contributed by atoms with E-state index in [4.69, 9.17) is 58.3 Å². The molecule has 0 radical (unpaired) electrons. The van der Waals surface area contributed by atoms with Crippen molar-refractivity contribution in [1.29, 1.82) is 0 Å². The molecule has 5 fully saturated rings.